The van der Waals surface area contributed by atoms with Gasteiger partial charge in [-0.25, -0.2) is 26.3 Å². The fourth-order valence-corrected chi connectivity index (χ4v) is 4.78. The molecule has 0 aromatic heterocycles. The standard InChI is InChI=1S/C19H26N6O4S2.2ClH/c20-18(21)14-4-8-16(9-5-14)30(26,27)24-12-2-1-3-13-25-31(28,29)17-10-6-15(7-11-17)19(22)23;;/h4-11,24-25H,1-3,12-13H2,(H3,20,21)(H3,22,23);2*1H. The summed E-state index contributed by atoms with van der Waals surface area (Å²) in [6.45, 7) is 0.437. The van der Waals surface area contributed by atoms with Crippen LogP contribution in [0, 0.1) is 10.8 Å². The van der Waals surface area contributed by atoms with Crippen LogP contribution in [-0.4, -0.2) is 41.6 Å². The Morgan fingerprint density at radius 1 is 0.636 bits per heavy atom. The van der Waals surface area contributed by atoms with Crippen molar-refractivity contribution in [3.8, 4) is 0 Å². The second kappa shape index (κ2) is 13.5. The zero-order chi connectivity index (χ0) is 23.1. The Kier molecular flexibility index (Phi) is 12.6. The molecule has 33 heavy (non-hydrogen) atoms. The first-order valence-corrected chi connectivity index (χ1v) is 12.4. The molecule has 8 N–H and O–H groups in total. The summed E-state index contributed by atoms with van der Waals surface area (Å²) in [6.07, 6.45) is 1.71. The average Bonchev–Trinajstić information content (AvgIpc) is 2.73. The number of amidine groups is 2. The summed E-state index contributed by atoms with van der Waals surface area (Å²) in [4.78, 5) is 0.169. The molecule has 2 aromatic carbocycles. The van der Waals surface area contributed by atoms with Gasteiger partial charge in [-0.15, -0.1) is 24.8 Å². The van der Waals surface area contributed by atoms with Gasteiger partial charge in [0.05, 0.1) is 9.79 Å². The zero-order valence-electron chi connectivity index (χ0n) is 17.6. The molecule has 0 saturated heterocycles. The van der Waals surface area contributed by atoms with Crippen LogP contribution < -0.4 is 20.9 Å². The first-order valence-electron chi connectivity index (χ1n) is 9.41. The minimum Gasteiger partial charge on any atom is -0.384 e. The van der Waals surface area contributed by atoms with Gasteiger partial charge in [0.15, 0.2) is 0 Å². The van der Waals surface area contributed by atoms with Crippen molar-refractivity contribution >= 4 is 56.5 Å². The van der Waals surface area contributed by atoms with E-state index in [1.807, 2.05) is 0 Å². The maximum atomic E-state index is 12.2. The topological polar surface area (TPSA) is 192 Å². The Labute approximate surface area is 206 Å². The van der Waals surface area contributed by atoms with Gasteiger partial charge in [0, 0.05) is 24.2 Å². The summed E-state index contributed by atoms with van der Waals surface area (Å²) in [5.74, 6) is -0.277. The van der Waals surface area contributed by atoms with Gasteiger partial charge in [0.2, 0.25) is 20.0 Å². The lowest BCUT2D eigenvalue weighted by Gasteiger charge is -2.09. The molecule has 0 saturated carbocycles. The monoisotopic (exact) mass is 538 g/mol. The van der Waals surface area contributed by atoms with E-state index in [9.17, 15) is 16.8 Å². The largest absolute Gasteiger partial charge is 0.384 e. The molecule has 2 aromatic rings. The highest BCUT2D eigenvalue weighted by molar-refractivity contribution is 7.89. The second-order valence-electron chi connectivity index (χ2n) is 6.73. The second-order valence-corrected chi connectivity index (χ2v) is 10.3. The number of halogens is 2. The van der Waals surface area contributed by atoms with Gasteiger partial charge in [-0.1, -0.05) is 6.42 Å². The number of rotatable bonds is 12. The number of nitrogens with one attached hydrogen (secondary N) is 4. The van der Waals surface area contributed by atoms with Crippen molar-refractivity contribution in [3.63, 3.8) is 0 Å². The Hall–Kier alpha value is -2.22. The molecule has 0 aliphatic rings. The van der Waals surface area contributed by atoms with Crippen molar-refractivity contribution in [1.29, 1.82) is 10.8 Å². The minimum atomic E-state index is -3.66. The van der Waals surface area contributed by atoms with E-state index in [1.54, 1.807) is 0 Å². The Morgan fingerprint density at radius 2 is 0.939 bits per heavy atom. The van der Waals surface area contributed by atoms with Crippen LogP contribution in [0.25, 0.3) is 0 Å². The molecule has 2 rings (SSSR count). The molecule has 0 aliphatic carbocycles. The summed E-state index contributed by atoms with van der Waals surface area (Å²) < 4.78 is 54.0. The third-order valence-corrected chi connectivity index (χ3v) is 7.34. The molecule has 14 heteroatoms. The summed E-state index contributed by atoms with van der Waals surface area (Å²) >= 11 is 0. The van der Waals surface area contributed by atoms with E-state index >= 15 is 0 Å². The van der Waals surface area contributed by atoms with Crippen molar-refractivity contribution in [3.05, 3.63) is 59.7 Å². The quantitative estimate of drug-likeness (QED) is 0.135. The van der Waals surface area contributed by atoms with E-state index in [0.29, 0.717) is 30.4 Å². The van der Waals surface area contributed by atoms with E-state index < -0.39 is 20.0 Å². The highest BCUT2D eigenvalue weighted by Crippen LogP contribution is 2.12. The highest BCUT2D eigenvalue weighted by atomic mass is 35.5. The molecular formula is C19H28Cl2N6O4S2. The first kappa shape index (κ1) is 30.8. The lowest BCUT2D eigenvalue weighted by Crippen LogP contribution is -2.26. The summed E-state index contributed by atoms with van der Waals surface area (Å²) in [5.41, 5.74) is 11.6. The molecular weight excluding hydrogens is 511 g/mol. The lowest BCUT2D eigenvalue weighted by atomic mass is 10.2. The number of nitrogen functional groups attached to an aromatic ring is 2. The molecule has 0 unspecified atom stereocenters. The smallest absolute Gasteiger partial charge is 0.240 e. The van der Waals surface area contributed by atoms with Gasteiger partial charge in [0.25, 0.3) is 0 Å². The number of benzene rings is 2. The summed E-state index contributed by atoms with van der Waals surface area (Å²) in [7, 11) is -7.32. The summed E-state index contributed by atoms with van der Waals surface area (Å²) in [6, 6.07) is 11.4. The normalized spacial score (nSPS) is 11.2. The maximum absolute atomic E-state index is 12.2. The third-order valence-electron chi connectivity index (χ3n) is 4.39. The number of unbranched alkanes of at least 4 members (excludes halogenated alkanes) is 2. The molecule has 0 spiro atoms. The number of hydrogen-bond donors (Lipinski definition) is 6. The van der Waals surface area contributed by atoms with Gasteiger partial charge in [0.1, 0.15) is 11.7 Å². The predicted molar refractivity (Wildman–Crippen MR) is 134 cm³/mol. The number of hydrogen-bond acceptors (Lipinski definition) is 6. The third kappa shape index (κ3) is 9.27. The fourth-order valence-electron chi connectivity index (χ4n) is 2.63. The molecule has 0 radical (unpaired) electrons. The highest BCUT2D eigenvalue weighted by Gasteiger charge is 2.14. The lowest BCUT2D eigenvalue weighted by molar-refractivity contribution is 0.568. The van der Waals surface area contributed by atoms with Gasteiger partial charge >= 0.3 is 0 Å². The van der Waals surface area contributed by atoms with Crippen molar-refractivity contribution in [1.82, 2.24) is 9.44 Å². The Morgan fingerprint density at radius 3 is 1.21 bits per heavy atom. The van der Waals surface area contributed by atoms with E-state index in [0.717, 1.165) is 0 Å². The van der Waals surface area contributed by atoms with Crippen LogP contribution in [0.15, 0.2) is 58.3 Å². The van der Waals surface area contributed by atoms with Crippen LogP contribution in [0.3, 0.4) is 0 Å². The van der Waals surface area contributed by atoms with Crippen molar-refractivity contribution in [2.45, 2.75) is 29.1 Å². The zero-order valence-corrected chi connectivity index (χ0v) is 20.8. The van der Waals surface area contributed by atoms with E-state index in [-0.39, 0.29) is 59.4 Å². The molecule has 184 valence electrons. The van der Waals surface area contributed by atoms with Crippen molar-refractivity contribution < 1.29 is 16.8 Å². The number of sulfonamides is 2. The van der Waals surface area contributed by atoms with Crippen LogP contribution in [-0.2, 0) is 20.0 Å². The van der Waals surface area contributed by atoms with Crippen molar-refractivity contribution in [2.75, 3.05) is 13.1 Å². The van der Waals surface area contributed by atoms with E-state index in [1.165, 1.54) is 48.5 Å². The van der Waals surface area contributed by atoms with Crippen LogP contribution in [0.4, 0.5) is 0 Å². The average molecular weight is 540 g/mol. The van der Waals surface area contributed by atoms with Crippen LogP contribution in [0.2, 0.25) is 0 Å². The first-order chi connectivity index (χ1) is 14.5. The molecule has 10 nitrogen and oxygen atoms in total. The van der Waals surface area contributed by atoms with Crippen LogP contribution in [0.5, 0.6) is 0 Å². The number of nitrogens with two attached hydrogens (primary N) is 2. The predicted octanol–water partition coefficient (Wildman–Crippen LogP) is 1.53. The van der Waals surface area contributed by atoms with Crippen LogP contribution >= 0.6 is 24.8 Å². The Balaban J connectivity index is 0.00000512. The van der Waals surface area contributed by atoms with Gasteiger partial charge < -0.3 is 11.5 Å². The van der Waals surface area contributed by atoms with E-state index in [4.69, 9.17) is 22.3 Å². The van der Waals surface area contributed by atoms with Gasteiger partial charge in [-0.05, 0) is 61.4 Å². The summed E-state index contributed by atoms with van der Waals surface area (Å²) in [5, 5.41) is 14.6. The molecule has 0 aliphatic heterocycles. The SMILES string of the molecule is Cl.Cl.N=C(N)c1ccc(S(=O)(=O)NCCCCCNS(=O)(=O)c2ccc(C(=N)N)cc2)cc1. The van der Waals surface area contributed by atoms with Gasteiger partial charge in [-0.2, -0.15) is 0 Å². The minimum absolute atomic E-state index is 0. The molecule has 0 atom stereocenters. The Bertz CT molecular complexity index is 1050. The van der Waals surface area contributed by atoms with Crippen LogP contribution in [0.1, 0.15) is 30.4 Å². The molecule has 0 heterocycles. The van der Waals surface area contributed by atoms with E-state index in [2.05, 4.69) is 9.44 Å². The van der Waals surface area contributed by atoms with Crippen molar-refractivity contribution in [2.24, 2.45) is 11.5 Å². The fraction of sp³-hybridized carbons (Fsp3) is 0.263. The maximum Gasteiger partial charge on any atom is 0.240 e. The molecule has 0 bridgehead atoms. The molecule has 0 amide bonds. The van der Waals surface area contributed by atoms with Gasteiger partial charge in [-0.3, -0.25) is 10.8 Å². The molecule has 0 fully saturated rings.